The first-order valence-electron chi connectivity index (χ1n) is 8.72. The second-order valence-corrected chi connectivity index (χ2v) is 6.83. The van der Waals surface area contributed by atoms with E-state index in [1.54, 1.807) is 0 Å². The van der Waals surface area contributed by atoms with Gasteiger partial charge in [0.2, 0.25) is 11.8 Å². The van der Waals surface area contributed by atoms with Gasteiger partial charge in [-0.25, -0.2) is 0 Å². The molecule has 0 bridgehead atoms. The predicted molar refractivity (Wildman–Crippen MR) is 99.4 cm³/mol. The van der Waals surface area contributed by atoms with Crippen LogP contribution >= 0.6 is 0 Å². The Kier molecular flexibility index (Phi) is 4.88. The molecule has 2 amide bonds. The number of carbonyl (C=O) groups is 2. The summed E-state index contributed by atoms with van der Waals surface area (Å²) < 4.78 is 0. The fraction of sp³-hybridized carbons (Fsp3) is 0.333. The van der Waals surface area contributed by atoms with E-state index < -0.39 is 5.41 Å². The van der Waals surface area contributed by atoms with Crippen LogP contribution in [0.4, 0.5) is 5.69 Å². The Morgan fingerprint density at radius 1 is 0.960 bits per heavy atom. The molecule has 1 fully saturated rings. The smallest absolute Gasteiger partial charge is 0.240 e. The average Bonchev–Trinajstić information content (AvgIpc) is 3.41. The van der Waals surface area contributed by atoms with E-state index in [9.17, 15) is 9.59 Å². The van der Waals surface area contributed by atoms with E-state index in [1.807, 2.05) is 62.4 Å². The second-order valence-electron chi connectivity index (χ2n) is 6.83. The van der Waals surface area contributed by atoms with E-state index in [0.29, 0.717) is 19.4 Å². The zero-order valence-corrected chi connectivity index (χ0v) is 14.8. The summed E-state index contributed by atoms with van der Waals surface area (Å²) in [5.74, 6) is -0.363. The summed E-state index contributed by atoms with van der Waals surface area (Å²) >= 11 is 0. The lowest BCUT2D eigenvalue weighted by atomic mass is 10.0. The van der Waals surface area contributed by atoms with Crippen LogP contribution in [-0.4, -0.2) is 18.4 Å². The van der Waals surface area contributed by atoms with Gasteiger partial charge in [-0.1, -0.05) is 36.4 Å². The first kappa shape index (κ1) is 17.2. The highest BCUT2D eigenvalue weighted by Crippen LogP contribution is 2.46. The van der Waals surface area contributed by atoms with Crippen molar-refractivity contribution in [3.63, 3.8) is 0 Å². The van der Waals surface area contributed by atoms with Crippen molar-refractivity contribution in [2.45, 2.75) is 33.1 Å². The first-order chi connectivity index (χ1) is 12.0. The fourth-order valence-electron chi connectivity index (χ4n) is 2.89. The van der Waals surface area contributed by atoms with Gasteiger partial charge in [0, 0.05) is 12.2 Å². The van der Waals surface area contributed by atoms with Gasteiger partial charge in [-0.2, -0.15) is 0 Å². The van der Waals surface area contributed by atoms with Crippen molar-refractivity contribution in [3.05, 3.63) is 65.2 Å². The molecule has 2 aromatic carbocycles. The van der Waals surface area contributed by atoms with Crippen molar-refractivity contribution in [3.8, 4) is 0 Å². The van der Waals surface area contributed by atoms with Gasteiger partial charge in [-0.3, -0.25) is 9.59 Å². The minimum Gasteiger partial charge on any atom is -0.355 e. The maximum absolute atomic E-state index is 12.6. The molecule has 3 rings (SSSR count). The van der Waals surface area contributed by atoms with Crippen molar-refractivity contribution < 1.29 is 9.59 Å². The Morgan fingerprint density at radius 3 is 2.32 bits per heavy atom. The lowest BCUT2D eigenvalue weighted by Crippen LogP contribution is -2.40. The Hall–Kier alpha value is -2.62. The number of nitrogens with one attached hydrogen (secondary N) is 2. The molecule has 1 aliphatic carbocycles. The number of hydrogen-bond donors (Lipinski definition) is 2. The van der Waals surface area contributed by atoms with Crippen LogP contribution in [0.2, 0.25) is 0 Å². The topological polar surface area (TPSA) is 58.2 Å². The van der Waals surface area contributed by atoms with Crippen molar-refractivity contribution in [2.24, 2.45) is 5.41 Å². The Balaban J connectivity index is 1.56. The van der Waals surface area contributed by atoms with E-state index in [2.05, 4.69) is 10.6 Å². The molecule has 1 saturated carbocycles. The highest BCUT2D eigenvalue weighted by atomic mass is 16.2. The molecule has 0 saturated heterocycles. The van der Waals surface area contributed by atoms with Gasteiger partial charge in [-0.15, -0.1) is 0 Å². The Morgan fingerprint density at radius 2 is 1.68 bits per heavy atom. The van der Waals surface area contributed by atoms with Crippen LogP contribution in [0, 0.1) is 19.3 Å². The van der Waals surface area contributed by atoms with Gasteiger partial charge in [0.05, 0.1) is 0 Å². The second kappa shape index (κ2) is 7.09. The van der Waals surface area contributed by atoms with Gasteiger partial charge >= 0.3 is 0 Å². The predicted octanol–water partition coefficient (Wildman–Crippen LogP) is 3.38. The van der Waals surface area contributed by atoms with Crippen LogP contribution in [0.1, 0.15) is 29.5 Å². The number of benzene rings is 2. The number of aryl methyl sites for hydroxylation is 2. The van der Waals surface area contributed by atoms with Crippen LogP contribution in [0.5, 0.6) is 0 Å². The molecule has 0 aromatic heterocycles. The highest BCUT2D eigenvalue weighted by Gasteiger charge is 2.56. The van der Waals surface area contributed by atoms with Crippen molar-refractivity contribution in [1.82, 2.24) is 5.32 Å². The molecule has 4 nitrogen and oxygen atoms in total. The molecular formula is C21H24N2O2. The van der Waals surface area contributed by atoms with Crippen LogP contribution in [0.15, 0.2) is 48.5 Å². The molecule has 0 unspecified atom stereocenters. The summed E-state index contributed by atoms with van der Waals surface area (Å²) in [6.07, 6.45) is 1.99. The number of hydrogen-bond acceptors (Lipinski definition) is 2. The third-order valence-corrected chi connectivity index (χ3v) is 4.93. The number of anilines is 1. The zero-order chi connectivity index (χ0) is 17.9. The lowest BCUT2D eigenvalue weighted by Gasteiger charge is -2.16. The third-order valence-electron chi connectivity index (χ3n) is 4.93. The minimum absolute atomic E-state index is 0.162. The maximum Gasteiger partial charge on any atom is 0.240 e. The largest absolute Gasteiger partial charge is 0.355 e. The van der Waals surface area contributed by atoms with Gasteiger partial charge in [-0.05, 0) is 61.9 Å². The Labute approximate surface area is 148 Å². The summed E-state index contributed by atoms with van der Waals surface area (Å²) in [6, 6.07) is 15.8. The molecule has 4 heteroatoms. The Bertz CT molecular complexity index is 780. The monoisotopic (exact) mass is 336 g/mol. The van der Waals surface area contributed by atoms with Gasteiger partial charge in [0.1, 0.15) is 5.41 Å². The standard InChI is InChI=1S/C21H24N2O2/c1-15-8-9-18(14-16(15)2)23-20(25)21(11-12-21)19(24)22-13-10-17-6-4-3-5-7-17/h3-9,14H,10-13H2,1-2H3,(H,22,24)(H,23,25). The molecule has 2 aromatic rings. The zero-order valence-electron chi connectivity index (χ0n) is 14.8. The minimum atomic E-state index is -0.893. The number of amides is 2. The molecule has 2 N–H and O–H groups in total. The SMILES string of the molecule is Cc1ccc(NC(=O)C2(C(=O)NCCc3ccccc3)CC2)cc1C. The van der Waals surface area contributed by atoms with Crippen LogP contribution in [0.25, 0.3) is 0 Å². The molecule has 130 valence electrons. The van der Waals surface area contributed by atoms with Crippen LogP contribution in [-0.2, 0) is 16.0 Å². The van der Waals surface area contributed by atoms with Gasteiger partial charge < -0.3 is 10.6 Å². The highest BCUT2D eigenvalue weighted by molar-refractivity contribution is 6.13. The summed E-state index contributed by atoms with van der Waals surface area (Å²) in [4.78, 5) is 25.1. The van der Waals surface area contributed by atoms with E-state index in [1.165, 1.54) is 11.1 Å². The van der Waals surface area contributed by atoms with Gasteiger partial charge in [0.15, 0.2) is 0 Å². The molecule has 0 radical (unpaired) electrons. The van der Waals surface area contributed by atoms with Crippen molar-refractivity contribution >= 4 is 17.5 Å². The molecule has 0 atom stereocenters. The summed E-state index contributed by atoms with van der Waals surface area (Å²) in [5, 5.41) is 5.82. The van der Waals surface area contributed by atoms with E-state index >= 15 is 0 Å². The maximum atomic E-state index is 12.6. The summed E-state index contributed by atoms with van der Waals surface area (Å²) in [6.45, 7) is 4.58. The van der Waals surface area contributed by atoms with Crippen molar-refractivity contribution in [1.29, 1.82) is 0 Å². The normalized spacial score (nSPS) is 14.6. The molecular weight excluding hydrogens is 312 g/mol. The fourth-order valence-corrected chi connectivity index (χ4v) is 2.89. The molecule has 0 spiro atoms. The number of rotatable bonds is 6. The molecule has 0 heterocycles. The average molecular weight is 336 g/mol. The van der Waals surface area contributed by atoms with Crippen LogP contribution < -0.4 is 10.6 Å². The van der Waals surface area contributed by atoms with Crippen LogP contribution in [0.3, 0.4) is 0 Å². The van der Waals surface area contributed by atoms with Gasteiger partial charge in [0.25, 0.3) is 0 Å². The summed E-state index contributed by atoms with van der Waals surface area (Å²) in [5.41, 5.74) is 3.33. The third kappa shape index (κ3) is 3.90. The molecule has 1 aliphatic rings. The first-order valence-corrected chi connectivity index (χ1v) is 8.72. The summed E-state index contributed by atoms with van der Waals surface area (Å²) in [7, 11) is 0. The van der Waals surface area contributed by atoms with E-state index in [0.717, 1.165) is 17.7 Å². The molecule has 25 heavy (non-hydrogen) atoms. The molecule has 0 aliphatic heterocycles. The van der Waals surface area contributed by atoms with E-state index in [-0.39, 0.29) is 11.8 Å². The lowest BCUT2D eigenvalue weighted by molar-refractivity contribution is -0.134. The quantitative estimate of drug-likeness (QED) is 0.795. The van der Waals surface area contributed by atoms with E-state index in [4.69, 9.17) is 0 Å². The number of carbonyl (C=O) groups excluding carboxylic acids is 2. The van der Waals surface area contributed by atoms with Crippen molar-refractivity contribution in [2.75, 3.05) is 11.9 Å².